The molecule has 11 heteroatoms. The number of aliphatic imine (C=N–C) groups is 1. The lowest BCUT2D eigenvalue weighted by Crippen LogP contribution is -2.40. The molecule has 1 unspecified atom stereocenters. The van der Waals surface area contributed by atoms with Crippen molar-refractivity contribution >= 4 is 29.9 Å². The number of hydrogen-bond acceptors (Lipinski definition) is 3. The van der Waals surface area contributed by atoms with Gasteiger partial charge in [-0.2, -0.15) is 22.0 Å². The third kappa shape index (κ3) is 8.76. The molecule has 0 spiro atoms. The van der Waals surface area contributed by atoms with Crippen LogP contribution in [0.4, 0.5) is 22.0 Å². The van der Waals surface area contributed by atoms with Gasteiger partial charge in [0, 0.05) is 32.2 Å². The van der Waals surface area contributed by atoms with E-state index in [0.717, 1.165) is 0 Å². The Bertz CT molecular complexity index is 630. The molecule has 2 N–H and O–H groups in total. The number of hydrogen-bond donors (Lipinski definition) is 2. The van der Waals surface area contributed by atoms with Gasteiger partial charge in [0.2, 0.25) is 0 Å². The average molecular weight is 522 g/mol. The molecule has 1 fully saturated rings. The molecule has 1 heterocycles. The topological polar surface area (TPSA) is 48.9 Å². The molecular weight excluding hydrogens is 498 g/mol. The van der Waals surface area contributed by atoms with Crippen LogP contribution in [0.2, 0.25) is 0 Å². The molecule has 0 radical (unpaired) electrons. The van der Waals surface area contributed by atoms with E-state index < -0.39 is 19.3 Å². The molecule has 0 saturated carbocycles. The van der Waals surface area contributed by atoms with Crippen LogP contribution in [0.3, 0.4) is 0 Å². The Hall–Kier alpha value is -1.37. The van der Waals surface area contributed by atoms with E-state index in [4.69, 9.17) is 0 Å². The lowest BCUT2D eigenvalue weighted by atomic mass is 10.1. The summed E-state index contributed by atoms with van der Waals surface area (Å²) in [6.07, 6.45) is -3.52. The van der Waals surface area contributed by atoms with E-state index in [9.17, 15) is 22.0 Å². The van der Waals surface area contributed by atoms with E-state index in [0.29, 0.717) is 37.6 Å². The van der Waals surface area contributed by atoms with Gasteiger partial charge in [0.15, 0.2) is 5.96 Å². The first-order valence-electron chi connectivity index (χ1n) is 8.53. The third-order valence-electron chi connectivity index (χ3n) is 4.19. The number of likely N-dealkylation sites (tertiary alicyclic amines) is 1. The number of rotatable bonds is 7. The quantitative estimate of drug-likeness (QED) is 0.250. The second-order valence-corrected chi connectivity index (χ2v) is 6.30. The molecular formula is C17H24F5IN4O. The van der Waals surface area contributed by atoms with Crippen molar-refractivity contribution in [3.05, 3.63) is 29.8 Å². The van der Waals surface area contributed by atoms with Crippen LogP contribution in [0.5, 0.6) is 5.75 Å². The van der Waals surface area contributed by atoms with Gasteiger partial charge in [-0.1, -0.05) is 18.2 Å². The maximum Gasteiger partial charge on any atom is 0.401 e. The van der Waals surface area contributed by atoms with E-state index in [1.165, 1.54) is 11.0 Å². The highest BCUT2D eigenvalue weighted by molar-refractivity contribution is 14.0. The van der Waals surface area contributed by atoms with E-state index in [1.54, 1.807) is 25.2 Å². The van der Waals surface area contributed by atoms with Gasteiger partial charge in [0.25, 0.3) is 0 Å². The summed E-state index contributed by atoms with van der Waals surface area (Å²) in [5, 5.41) is 6.06. The summed E-state index contributed by atoms with van der Waals surface area (Å²) in [4.78, 5) is 5.43. The van der Waals surface area contributed by atoms with Crippen LogP contribution in [0.25, 0.3) is 0 Å². The summed E-state index contributed by atoms with van der Waals surface area (Å²) in [5.74, 6) is 0.602. The van der Waals surface area contributed by atoms with Crippen LogP contribution in [0.15, 0.2) is 29.3 Å². The molecule has 2 rings (SSSR count). The molecule has 160 valence electrons. The minimum absolute atomic E-state index is 0. The normalized spacial score (nSPS) is 18.1. The molecule has 1 aliphatic rings. The standard InChI is InChI=1S/C17H23F5N4O.HI/c1-23-16(24-8-12-6-7-26(10-12)11-17(20,21)22)25-9-13-4-2-3-5-14(13)27-15(18)19;/h2-5,12,15H,6-11H2,1H3,(H2,23,24,25);1H. The number of halogens is 6. The van der Waals surface area contributed by atoms with Crippen molar-refractivity contribution < 1.29 is 26.7 Å². The van der Waals surface area contributed by atoms with Gasteiger partial charge in [0.05, 0.1) is 6.54 Å². The largest absolute Gasteiger partial charge is 0.434 e. The van der Waals surface area contributed by atoms with Crippen molar-refractivity contribution in [1.82, 2.24) is 15.5 Å². The lowest BCUT2D eigenvalue weighted by molar-refractivity contribution is -0.143. The molecule has 0 bridgehead atoms. The van der Waals surface area contributed by atoms with Gasteiger partial charge in [-0.3, -0.25) is 9.89 Å². The predicted octanol–water partition coefficient (Wildman–Crippen LogP) is 3.46. The van der Waals surface area contributed by atoms with Gasteiger partial charge >= 0.3 is 12.8 Å². The van der Waals surface area contributed by atoms with Gasteiger partial charge < -0.3 is 15.4 Å². The maximum atomic E-state index is 12.4. The summed E-state index contributed by atoms with van der Waals surface area (Å²) in [5.41, 5.74) is 0.540. The van der Waals surface area contributed by atoms with Crippen molar-refractivity contribution in [2.75, 3.05) is 33.2 Å². The zero-order chi connectivity index (χ0) is 19.9. The summed E-state index contributed by atoms with van der Waals surface area (Å²) < 4.78 is 66.7. The highest BCUT2D eigenvalue weighted by Crippen LogP contribution is 2.22. The van der Waals surface area contributed by atoms with Gasteiger partial charge in [-0.05, 0) is 24.9 Å². The summed E-state index contributed by atoms with van der Waals surface area (Å²) >= 11 is 0. The van der Waals surface area contributed by atoms with Crippen molar-refractivity contribution in [3.63, 3.8) is 0 Å². The second-order valence-electron chi connectivity index (χ2n) is 6.30. The summed E-state index contributed by atoms with van der Waals surface area (Å²) in [7, 11) is 1.56. The van der Waals surface area contributed by atoms with Crippen LogP contribution < -0.4 is 15.4 Å². The number of ether oxygens (including phenoxy) is 1. The fourth-order valence-electron chi connectivity index (χ4n) is 2.98. The molecule has 0 aromatic heterocycles. The monoisotopic (exact) mass is 522 g/mol. The van der Waals surface area contributed by atoms with Crippen molar-refractivity contribution in [2.45, 2.75) is 25.8 Å². The molecule has 1 atom stereocenters. The van der Waals surface area contributed by atoms with E-state index in [1.807, 2.05) is 0 Å². The van der Waals surface area contributed by atoms with Crippen LogP contribution >= 0.6 is 24.0 Å². The van der Waals surface area contributed by atoms with Crippen molar-refractivity contribution in [3.8, 4) is 5.75 Å². The number of nitrogens with one attached hydrogen (secondary N) is 2. The Morgan fingerprint density at radius 1 is 1.29 bits per heavy atom. The first-order valence-corrected chi connectivity index (χ1v) is 8.53. The number of para-hydroxylation sites is 1. The molecule has 1 aromatic rings. The second kappa shape index (κ2) is 11.6. The molecule has 28 heavy (non-hydrogen) atoms. The zero-order valence-corrected chi connectivity index (χ0v) is 17.6. The van der Waals surface area contributed by atoms with Gasteiger partial charge in [-0.25, -0.2) is 0 Å². The maximum absolute atomic E-state index is 12.4. The Balaban J connectivity index is 0.00000392. The zero-order valence-electron chi connectivity index (χ0n) is 15.3. The minimum Gasteiger partial charge on any atom is -0.434 e. The van der Waals surface area contributed by atoms with Gasteiger partial charge in [-0.15, -0.1) is 24.0 Å². The van der Waals surface area contributed by atoms with E-state index in [2.05, 4.69) is 20.4 Å². The average Bonchev–Trinajstić information content (AvgIpc) is 3.01. The van der Waals surface area contributed by atoms with Gasteiger partial charge in [0.1, 0.15) is 5.75 Å². The first-order chi connectivity index (χ1) is 12.8. The molecule has 0 aliphatic carbocycles. The molecule has 1 aromatic carbocycles. The van der Waals surface area contributed by atoms with Crippen LogP contribution in [-0.2, 0) is 6.54 Å². The Labute approximate surface area is 177 Å². The molecule has 1 aliphatic heterocycles. The lowest BCUT2D eigenvalue weighted by Gasteiger charge is -2.19. The molecule has 1 saturated heterocycles. The number of benzene rings is 1. The van der Waals surface area contributed by atoms with E-state index >= 15 is 0 Å². The Morgan fingerprint density at radius 3 is 2.64 bits per heavy atom. The first kappa shape index (κ1) is 24.7. The highest BCUT2D eigenvalue weighted by Gasteiger charge is 2.34. The van der Waals surface area contributed by atoms with Crippen LogP contribution in [0.1, 0.15) is 12.0 Å². The Kier molecular flexibility index (Phi) is 10.2. The molecule has 0 amide bonds. The molecule has 5 nitrogen and oxygen atoms in total. The van der Waals surface area contributed by atoms with E-state index in [-0.39, 0.29) is 42.2 Å². The fraction of sp³-hybridized carbons (Fsp3) is 0.588. The summed E-state index contributed by atoms with van der Waals surface area (Å²) in [6.45, 7) is -2.33. The van der Waals surface area contributed by atoms with Crippen molar-refractivity contribution in [2.24, 2.45) is 10.9 Å². The minimum atomic E-state index is -4.19. The van der Waals surface area contributed by atoms with Crippen LogP contribution in [0, 0.1) is 5.92 Å². The van der Waals surface area contributed by atoms with Crippen molar-refractivity contribution in [1.29, 1.82) is 0 Å². The number of nitrogens with zero attached hydrogens (tertiary/aromatic N) is 2. The number of alkyl halides is 5. The Morgan fingerprint density at radius 2 is 2.00 bits per heavy atom. The fourth-order valence-corrected chi connectivity index (χ4v) is 2.98. The third-order valence-corrected chi connectivity index (χ3v) is 4.19. The summed E-state index contributed by atoms with van der Waals surface area (Å²) in [6, 6.07) is 6.41. The van der Waals surface area contributed by atoms with Crippen LogP contribution in [-0.4, -0.2) is 56.9 Å². The SMILES string of the molecule is CN=C(NCc1ccccc1OC(F)F)NCC1CCN(CC(F)(F)F)C1.I. The highest BCUT2D eigenvalue weighted by atomic mass is 127. The predicted molar refractivity (Wildman–Crippen MR) is 107 cm³/mol. The smallest absolute Gasteiger partial charge is 0.401 e. The number of guanidine groups is 1.